The van der Waals surface area contributed by atoms with E-state index in [2.05, 4.69) is 39.4 Å². The minimum atomic E-state index is 0.568. The maximum Gasteiger partial charge on any atom is 0.0935 e. The first kappa shape index (κ1) is 18.7. The molecule has 0 aliphatic heterocycles. The zero-order valence-corrected chi connectivity index (χ0v) is 16.2. The van der Waals surface area contributed by atoms with Crippen molar-refractivity contribution in [3.63, 3.8) is 0 Å². The number of fused-ring (bicyclic) bond motifs is 1. The lowest BCUT2D eigenvalue weighted by Gasteiger charge is -2.23. The number of rotatable bonds is 7. The maximum atomic E-state index is 5.90. The zero-order valence-electron chi connectivity index (χ0n) is 14.7. The average Bonchev–Trinajstić information content (AvgIpc) is 2.67. The highest BCUT2D eigenvalue weighted by Crippen LogP contribution is 2.30. The zero-order chi connectivity index (χ0) is 18.4. The van der Waals surface area contributed by atoms with Gasteiger partial charge in [0.1, 0.15) is 0 Å². The molecule has 0 aromatic heterocycles. The quantitative estimate of drug-likeness (QED) is 0.322. The molecule has 0 aliphatic rings. The Balaban J connectivity index is 1.87. The van der Waals surface area contributed by atoms with Crippen molar-refractivity contribution in [2.24, 2.45) is 10.2 Å². The lowest BCUT2D eigenvalue weighted by atomic mass is 10.1. The van der Waals surface area contributed by atoms with E-state index in [1.807, 2.05) is 43.3 Å². The normalized spacial score (nSPS) is 11.3. The summed E-state index contributed by atoms with van der Waals surface area (Å²) >= 11 is 11.8. The highest BCUT2D eigenvalue weighted by molar-refractivity contribution is 6.18. The molecular formula is C21H21Cl2N3. The van der Waals surface area contributed by atoms with Crippen LogP contribution >= 0.6 is 23.2 Å². The summed E-state index contributed by atoms with van der Waals surface area (Å²) in [7, 11) is 0. The molecule has 0 bridgehead atoms. The van der Waals surface area contributed by atoms with E-state index < -0.39 is 0 Å². The summed E-state index contributed by atoms with van der Waals surface area (Å²) in [5.74, 6) is 1.14. The van der Waals surface area contributed by atoms with Gasteiger partial charge in [0.15, 0.2) is 0 Å². The lowest BCUT2D eigenvalue weighted by molar-refractivity contribution is 0.873. The Labute approximate surface area is 164 Å². The van der Waals surface area contributed by atoms with Gasteiger partial charge in [-0.3, -0.25) is 0 Å². The van der Waals surface area contributed by atoms with Crippen LogP contribution in [-0.2, 0) is 0 Å². The second-order valence-corrected chi connectivity index (χ2v) is 6.79. The fourth-order valence-corrected chi connectivity index (χ4v) is 3.33. The van der Waals surface area contributed by atoms with Crippen LogP contribution in [0.5, 0.6) is 0 Å². The number of aryl methyl sites for hydroxylation is 1. The SMILES string of the molecule is Cc1cc(N(CCCl)CCCl)ccc1N=Nc1cccc2ccccc12. The van der Waals surface area contributed by atoms with Gasteiger partial charge in [-0.15, -0.1) is 28.3 Å². The fraction of sp³-hybridized carbons (Fsp3) is 0.238. The molecule has 134 valence electrons. The summed E-state index contributed by atoms with van der Waals surface area (Å²) in [6, 6.07) is 20.4. The third-order valence-corrected chi connectivity index (χ3v) is 4.62. The molecule has 0 heterocycles. The molecule has 0 unspecified atom stereocenters. The number of halogens is 2. The van der Waals surface area contributed by atoms with Crippen LogP contribution in [0.25, 0.3) is 10.8 Å². The number of azo groups is 1. The van der Waals surface area contributed by atoms with Gasteiger partial charge >= 0.3 is 0 Å². The van der Waals surface area contributed by atoms with Gasteiger partial charge in [0, 0.05) is 35.9 Å². The molecule has 0 saturated carbocycles. The molecule has 0 aliphatic carbocycles. The van der Waals surface area contributed by atoms with Gasteiger partial charge in [-0.2, -0.15) is 5.11 Å². The van der Waals surface area contributed by atoms with Crippen molar-refractivity contribution >= 4 is 51.0 Å². The molecule has 26 heavy (non-hydrogen) atoms. The monoisotopic (exact) mass is 385 g/mol. The van der Waals surface area contributed by atoms with E-state index in [9.17, 15) is 0 Å². The van der Waals surface area contributed by atoms with Gasteiger partial charge in [0.25, 0.3) is 0 Å². The predicted octanol–water partition coefficient (Wildman–Crippen LogP) is 6.85. The number of nitrogens with zero attached hydrogens (tertiary/aromatic N) is 3. The predicted molar refractivity (Wildman–Crippen MR) is 113 cm³/mol. The van der Waals surface area contributed by atoms with Crippen molar-refractivity contribution in [3.8, 4) is 0 Å². The Hall–Kier alpha value is -2.10. The van der Waals surface area contributed by atoms with E-state index in [1.165, 1.54) is 0 Å². The van der Waals surface area contributed by atoms with Gasteiger partial charge in [0.2, 0.25) is 0 Å². The molecule has 0 amide bonds. The van der Waals surface area contributed by atoms with Crippen molar-refractivity contribution in [1.29, 1.82) is 0 Å². The second kappa shape index (κ2) is 9.02. The van der Waals surface area contributed by atoms with E-state index in [0.717, 1.165) is 46.5 Å². The fourth-order valence-electron chi connectivity index (χ4n) is 2.93. The molecule has 0 radical (unpaired) electrons. The molecule has 0 N–H and O–H groups in total. The Kier molecular flexibility index (Phi) is 6.48. The minimum Gasteiger partial charge on any atom is -0.369 e. The van der Waals surface area contributed by atoms with E-state index in [1.54, 1.807) is 0 Å². The first-order valence-corrected chi connectivity index (χ1v) is 9.67. The van der Waals surface area contributed by atoms with Crippen LogP contribution in [0.3, 0.4) is 0 Å². The summed E-state index contributed by atoms with van der Waals surface area (Å²) in [5, 5.41) is 11.2. The maximum absolute atomic E-state index is 5.90. The summed E-state index contributed by atoms with van der Waals surface area (Å²) in [4.78, 5) is 2.18. The summed E-state index contributed by atoms with van der Waals surface area (Å²) in [6.45, 7) is 3.58. The van der Waals surface area contributed by atoms with Crippen molar-refractivity contribution in [1.82, 2.24) is 0 Å². The minimum absolute atomic E-state index is 0.568. The molecule has 5 heteroatoms. The van der Waals surface area contributed by atoms with Crippen molar-refractivity contribution in [3.05, 3.63) is 66.2 Å². The standard InChI is InChI=1S/C21H21Cl2N3/c1-16-15-18(26(13-11-22)14-12-23)9-10-20(16)24-25-21-8-4-6-17-5-2-3-7-19(17)21/h2-10,15H,11-14H2,1H3. The van der Waals surface area contributed by atoms with Crippen LogP contribution in [0.2, 0.25) is 0 Å². The first-order valence-electron chi connectivity index (χ1n) is 8.60. The number of hydrogen-bond donors (Lipinski definition) is 0. The van der Waals surface area contributed by atoms with Crippen LogP contribution in [0.4, 0.5) is 17.1 Å². The van der Waals surface area contributed by atoms with E-state index >= 15 is 0 Å². The average molecular weight is 386 g/mol. The van der Waals surface area contributed by atoms with Crippen LogP contribution in [0, 0.1) is 6.92 Å². The molecular weight excluding hydrogens is 365 g/mol. The third kappa shape index (κ3) is 4.35. The number of alkyl halides is 2. The lowest BCUT2D eigenvalue weighted by Crippen LogP contribution is -2.27. The Morgan fingerprint density at radius 2 is 1.50 bits per heavy atom. The highest BCUT2D eigenvalue weighted by atomic mass is 35.5. The molecule has 0 fully saturated rings. The molecule has 0 atom stereocenters. The smallest absolute Gasteiger partial charge is 0.0935 e. The number of anilines is 1. The van der Waals surface area contributed by atoms with Crippen molar-refractivity contribution in [2.75, 3.05) is 29.7 Å². The van der Waals surface area contributed by atoms with Crippen LogP contribution in [0.15, 0.2) is 70.9 Å². The van der Waals surface area contributed by atoms with Gasteiger partial charge in [-0.25, -0.2) is 0 Å². The first-order chi connectivity index (χ1) is 12.7. The van der Waals surface area contributed by atoms with Gasteiger partial charge < -0.3 is 4.90 Å². The summed E-state index contributed by atoms with van der Waals surface area (Å²) in [6.07, 6.45) is 0. The Bertz CT molecular complexity index is 897. The highest BCUT2D eigenvalue weighted by Gasteiger charge is 2.07. The molecule has 0 spiro atoms. The van der Waals surface area contributed by atoms with E-state index in [4.69, 9.17) is 23.2 Å². The number of benzene rings is 3. The summed E-state index contributed by atoms with van der Waals surface area (Å²) < 4.78 is 0. The molecule has 0 saturated heterocycles. The Morgan fingerprint density at radius 1 is 0.808 bits per heavy atom. The Morgan fingerprint density at radius 3 is 2.23 bits per heavy atom. The van der Waals surface area contributed by atoms with Gasteiger partial charge in [-0.1, -0.05) is 36.4 Å². The van der Waals surface area contributed by atoms with E-state index in [0.29, 0.717) is 11.8 Å². The van der Waals surface area contributed by atoms with Crippen LogP contribution < -0.4 is 4.90 Å². The van der Waals surface area contributed by atoms with Crippen molar-refractivity contribution < 1.29 is 0 Å². The van der Waals surface area contributed by atoms with Gasteiger partial charge in [-0.05, 0) is 42.1 Å². The molecule has 3 aromatic carbocycles. The van der Waals surface area contributed by atoms with Gasteiger partial charge in [0.05, 0.1) is 11.4 Å². The summed E-state index contributed by atoms with van der Waals surface area (Å²) in [5.41, 5.74) is 3.91. The third-order valence-electron chi connectivity index (χ3n) is 4.29. The second-order valence-electron chi connectivity index (χ2n) is 6.03. The molecule has 3 nitrogen and oxygen atoms in total. The van der Waals surface area contributed by atoms with E-state index in [-0.39, 0.29) is 0 Å². The van der Waals surface area contributed by atoms with Crippen LogP contribution in [-0.4, -0.2) is 24.8 Å². The number of hydrogen-bond acceptors (Lipinski definition) is 3. The van der Waals surface area contributed by atoms with Crippen LogP contribution in [0.1, 0.15) is 5.56 Å². The van der Waals surface area contributed by atoms with Crippen molar-refractivity contribution in [2.45, 2.75) is 6.92 Å². The largest absolute Gasteiger partial charge is 0.369 e. The molecule has 3 rings (SSSR count). The topological polar surface area (TPSA) is 28.0 Å². The molecule has 3 aromatic rings.